The van der Waals surface area contributed by atoms with Crippen LogP contribution in [0.25, 0.3) is 0 Å². The minimum absolute atomic E-state index is 0. The number of halogens is 3. The van der Waals surface area contributed by atoms with Crippen molar-refractivity contribution in [3.63, 3.8) is 0 Å². The molecule has 0 bridgehead atoms. The van der Waals surface area contributed by atoms with Gasteiger partial charge in [0, 0.05) is 30.3 Å². The molecule has 0 radical (unpaired) electrons. The second kappa shape index (κ2) is 9.54. The van der Waals surface area contributed by atoms with Crippen molar-refractivity contribution in [2.75, 3.05) is 13.1 Å². The number of nitrogens with one attached hydrogen (secondary N) is 2. The van der Waals surface area contributed by atoms with E-state index in [2.05, 4.69) is 15.6 Å². The first kappa shape index (κ1) is 22.4. The second-order valence-electron chi connectivity index (χ2n) is 7.11. The Morgan fingerprint density at radius 2 is 2.04 bits per heavy atom. The topological polar surface area (TPSA) is 63.2 Å². The van der Waals surface area contributed by atoms with Crippen LogP contribution in [0.4, 0.5) is 4.39 Å². The molecule has 1 aliphatic heterocycles. The first-order valence-electron chi connectivity index (χ1n) is 9.02. The summed E-state index contributed by atoms with van der Waals surface area (Å²) < 4.78 is 19.0. The third-order valence-electron chi connectivity index (χ3n) is 5.42. The number of pyridine rings is 1. The van der Waals surface area contributed by atoms with Gasteiger partial charge in [-0.15, -0.1) is 24.8 Å². The Labute approximate surface area is 176 Å². The lowest BCUT2D eigenvalue weighted by Crippen LogP contribution is -2.33. The van der Waals surface area contributed by atoms with Crippen molar-refractivity contribution in [2.24, 2.45) is 11.3 Å². The van der Waals surface area contributed by atoms with Crippen LogP contribution in [0.1, 0.15) is 24.8 Å². The highest BCUT2D eigenvalue weighted by molar-refractivity contribution is 5.85. The van der Waals surface area contributed by atoms with Gasteiger partial charge in [0.1, 0.15) is 11.6 Å². The summed E-state index contributed by atoms with van der Waals surface area (Å²) in [5.74, 6) is 0.619. The van der Waals surface area contributed by atoms with Gasteiger partial charge < -0.3 is 15.4 Å². The molecule has 1 atom stereocenters. The fraction of sp³-hybridized carbons (Fsp3) is 0.400. The highest BCUT2D eigenvalue weighted by Gasteiger charge is 2.57. The summed E-state index contributed by atoms with van der Waals surface area (Å²) >= 11 is 0. The van der Waals surface area contributed by atoms with Gasteiger partial charge in [-0.1, -0.05) is 12.1 Å². The molecule has 4 rings (SSSR count). The summed E-state index contributed by atoms with van der Waals surface area (Å²) in [6.07, 6.45) is 4.75. The predicted molar refractivity (Wildman–Crippen MR) is 110 cm³/mol. The van der Waals surface area contributed by atoms with Crippen molar-refractivity contribution in [1.29, 1.82) is 0 Å². The number of piperidine rings is 1. The first-order chi connectivity index (χ1) is 12.7. The molecule has 2 N–H and O–H groups in total. The van der Waals surface area contributed by atoms with Crippen molar-refractivity contribution in [2.45, 2.75) is 25.8 Å². The standard InChI is InChI=1S/C20H22FN3O2.2ClH/c21-15-4-1-5-16(11-15)26-19-14(3-2-8-23-19)13-24-18(25)17-12-20(17)6-9-22-10-7-20;;/h1-5,8,11,17,22H,6-7,9-10,12-13H2,(H,24,25);2*1H. The van der Waals surface area contributed by atoms with Crippen LogP contribution >= 0.6 is 24.8 Å². The van der Waals surface area contributed by atoms with Crippen LogP contribution in [0.15, 0.2) is 42.6 Å². The van der Waals surface area contributed by atoms with Crippen LogP contribution in [0.5, 0.6) is 11.6 Å². The fourth-order valence-corrected chi connectivity index (χ4v) is 3.79. The first-order valence-corrected chi connectivity index (χ1v) is 9.02. The molecule has 8 heteroatoms. The highest BCUT2D eigenvalue weighted by Crippen LogP contribution is 2.58. The number of ether oxygens (including phenoxy) is 1. The van der Waals surface area contributed by atoms with Crippen molar-refractivity contribution >= 4 is 30.7 Å². The van der Waals surface area contributed by atoms with Gasteiger partial charge in [0.25, 0.3) is 0 Å². The van der Waals surface area contributed by atoms with E-state index >= 15 is 0 Å². The van der Waals surface area contributed by atoms with Gasteiger partial charge in [-0.3, -0.25) is 4.79 Å². The molecule has 1 unspecified atom stereocenters. The van der Waals surface area contributed by atoms with Crippen LogP contribution in [-0.2, 0) is 11.3 Å². The molecule has 1 aliphatic carbocycles. The molecular formula is C20H24Cl2FN3O2. The van der Waals surface area contributed by atoms with E-state index in [0.717, 1.165) is 37.9 Å². The molecule has 28 heavy (non-hydrogen) atoms. The third-order valence-corrected chi connectivity index (χ3v) is 5.42. The number of rotatable bonds is 5. The quantitative estimate of drug-likeness (QED) is 0.759. The number of benzene rings is 1. The van der Waals surface area contributed by atoms with Crippen LogP contribution in [0.3, 0.4) is 0 Å². The summed E-state index contributed by atoms with van der Waals surface area (Å²) in [5.41, 5.74) is 0.982. The lowest BCUT2D eigenvalue weighted by molar-refractivity contribution is -0.123. The smallest absolute Gasteiger partial charge is 0.224 e. The molecule has 1 aromatic heterocycles. The Morgan fingerprint density at radius 1 is 1.25 bits per heavy atom. The van der Waals surface area contributed by atoms with Gasteiger partial charge in [-0.2, -0.15) is 0 Å². The third kappa shape index (κ3) is 4.93. The Morgan fingerprint density at radius 3 is 2.79 bits per heavy atom. The number of carbonyl (C=O) groups is 1. The molecule has 1 aromatic carbocycles. The number of amides is 1. The van der Waals surface area contributed by atoms with E-state index in [4.69, 9.17) is 4.74 Å². The zero-order valence-electron chi connectivity index (χ0n) is 15.3. The lowest BCUT2D eigenvalue weighted by atomic mass is 9.92. The average molecular weight is 428 g/mol. The number of carbonyl (C=O) groups excluding carboxylic acids is 1. The van der Waals surface area contributed by atoms with E-state index in [1.54, 1.807) is 24.4 Å². The van der Waals surface area contributed by atoms with Gasteiger partial charge in [-0.05, 0) is 56.0 Å². The SMILES string of the molecule is Cl.Cl.O=C(NCc1cccnc1Oc1cccc(F)c1)C1CC12CCNCC2. The summed E-state index contributed by atoms with van der Waals surface area (Å²) in [6.45, 7) is 2.35. The maximum atomic E-state index is 13.3. The van der Waals surface area contributed by atoms with Crippen LogP contribution in [0, 0.1) is 17.2 Å². The van der Waals surface area contributed by atoms with Crippen LogP contribution in [0.2, 0.25) is 0 Å². The fourth-order valence-electron chi connectivity index (χ4n) is 3.79. The zero-order valence-corrected chi connectivity index (χ0v) is 17.0. The zero-order chi connectivity index (χ0) is 18.0. The molecule has 2 fully saturated rings. The van der Waals surface area contributed by atoms with Gasteiger partial charge >= 0.3 is 0 Å². The summed E-state index contributed by atoms with van der Waals surface area (Å²) in [5, 5.41) is 6.37. The van der Waals surface area contributed by atoms with E-state index in [1.165, 1.54) is 12.1 Å². The maximum absolute atomic E-state index is 13.3. The average Bonchev–Trinajstić information content (AvgIpc) is 3.34. The highest BCUT2D eigenvalue weighted by atomic mass is 35.5. The number of hydrogen-bond donors (Lipinski definition) is 2. The molecule has 2 heterocycles. The Balaban J connectivity index is 0.00000140. The van der Waals surface area contributed by atoms with Gasteiger partial charge in [0.2, 0.25) is 11.8 Å². The van der Waals surface area contributed by atoms with Crippen molar-refractivity contribution < 1.29 is 13.9 Å². The lowest BCUT2D eigenvalue weighted by Gasteiger charge is -2.23. The Bertz CT molecular complexity index is 816. The van der Waals surface area contributed by atoms with Gasteiger partial charge in [-0.25, -0.2) is 9.37 Å². The van der Waals surface area contributed by atoms with Crippen LogP contribution in [-0.4, -0.2) is 24.0 Å². The maximum Gasteiger partial charge on any atom is 0.224 e. The van der Waals surface area contributed by atoms with Gasteiger partial charge in [0.15, 0.2) is 0 Å². The normalized spacial score (nSPS) is 19.1. The van der Waals surface area contributed by atoms with E-state index in [9.17, 15) is 9.18 Å². The van der Waals surface area contributed by atoms with E-state index < -0.39 is 0 Å². The Hall–Kier alpha value is -1.89. The van der Waals surface area contributed by atoms with Crippen molar-refractivity contribution in [3.8, 4) is 11.6 Å². The molecule has 5 nitrogen and oxygen atoms in total. The molecular weight excluding hydrogens is 404 g/mol. The number of hydrogen-bond acceptors (Lipinski definition) is 4. The van der Waals surface area contributed by atoms with E-state index in [1.807, 2.05) is 6.07 Å². The van der Waals surface area contributed by atoms with Crippen molar-refractivity contribution in [1.82, 2.24) is 15.6 Å². The molecule has 1 spiro atoms. The molecule has 1 amide bonds. The second-order valence-corrected chi connectivity index (χ2v) is 7.11. The minimum Gasteiger partial charge on any atom is -0.439 e. The summed E-state index contributed by atoms with van der Waals surface area (Å²) in [6, 6.07) is 9.58. The summed E-state index contributed by atoms with van der Waals surface area (Å²) in [7, 11) is 0. The molecule has 1 saturated heterocycles. The van der Waals surface area contributed by atoms with Gasteiger partial charge in [0.05, 0.1) is 0 Å². The predicted octanol–water partition coefficient (Wildman–Crippen LogP) is 3.86. The van der Waals surface area contributed by atoms with E-state index in [-0.39, 0.29) is 47.9 Å². The number of aromatic nitrogens is 1. The largest absolute Gasteiger partial charge is 0.439 e. The Kier molecular flexibility index (Phi) is 7.63. The molecule has 152 valence electrons. The minimum atomic E-state index is -0.366. The molecule has 1 saturated carbocycles. The van der Waals surface area contributed by atoms with Crippen molar-refractivity contribution in [3.05, 3.63) is 54.0 Å². The summed E-state index contributed by atoms with van der Waals surface area (Å²) in [4.78, 5) is 16.7. The van der Waals surface area contributed by atoms with E-state index in [0.29, 0.717) is 18.2 Å². The monoisotopic (exact) mass is 427 g/mol. The van der Waals surface area contributed by atoms with Crippen LogP contribution < -0.4 is 15.4 Å². The number of nitrogens with zero attached hydrogens (tertiary/aromatic N) is 1. The molecule has 2 aromatic rings. The molecule has 2 aliphatic rings.